The number of carbonyl (C=O) groups is 1. The zero-order valence-corrected chi connectivity index (χ0v) is 14.8. The van der Waals surface area contributed by atoms with E-state index in [1.807, 2.05) is 0 Å². The molecule has 1 fully saturated rings. The van der Waals surface area contributed by atoms with Crippen LogP contribution in [0.4, 0.5) is 0 Å². The van der Waals surface area contributed by atoms with E-state index in [1.54, 1.807) is 11.3 Å². The molecule has 0 aliphatic carbocycles. The minimum Gasteiger partial charge on any atom is -0.468 e. The molecule has 1 aliphatic rings. The maximum atomic E-state index is 11.4. The summed E-state index contributed by atoms with van der Waals surface area (Å²) < 4.78 is 12.5. The van der Waals surface area contributed by atoms with Crippen molar-refractivity contribution in [3.63, 3.8) is 0 Å². The summed E-state index contributed by atoms with van der Waals surface area (Å²) >= 11 is 3.04. The van der Waals surface area contributed by atoms with Gasteiger partial charge in [-0.15, -0.1) is 21.5 Å². The zero-order chi connectivity index (χ0) is 16.2. The number of methoxy groups -OCH3 is 1. The number of aryl methyl sites for hydroxylation is 1. The van der Waals surface area contributed by atoms with E-state index < -0.39 is 0 Å². The van der Waals surface area contributed by atoms with Crippen molar-refractivity contribution in [3.8, 4) is 11.4 Å². The molecule has 0 unspecified atom stereocenters. The van der Waals surface area contributed by atoms with E-state index in [2.05, 4.69) is 33.1 Å². The van der Waals surface area contributed by atoms with Crippen molar-refractivity contribution in [2.24, 2.45) is 0 Å². The first kappa shape index (κ1) is 16.5. The van der Waals surface area contributed by atoms with Crippen molar-refractivity contribution in [1.82, 2.24) is 14.8 Å². The van der Waals surface area contributed by atoms with Crippen molar-refractivity contribution in [2.75, 3.05) is 19.5 Å². The summed E-state index contributed by atoms with van der Waals surface area (Å²) in [4.78, 5) is 12.6. The van der Waals surface area contributed by atoms with E-state index in [0.717, 1.165) is 36.0 Å². The maximum absolute atomic E-state index is 11.4. The Morgan fingerprint density at radius 3 is 3.09 bits per heavy atom. The smallest absolute Gasteiger partial charge is 0.316 e. The Bertz CT molecular complexity index is 677. The van der Waals surface area contributed by atoms with Crippen LogP contribution in [-0.4, -0.2) is 46.3 Å². The van der Waals surface area contributed by atoms with E-state index in [-0.39, 0.29) is 17.8 Å². The van der Waals surface area contributed by atoms with E-state index >= 15 is 0 Å². The molecule has 0 bridgehead atoms. The molecular formula is C15H19N3O3S2. The topological polar surface area (TPSA) is 66.2 Å². The first-order valence-electron chi connectivity index (χ1n) is 7.47. The summed E-state index contributed by atoms with van der Waals surface area (Å²) in [6.45, 7) is 3.59. The quantitative estimate of drug-likeness (QED) is 0.588. The van der Waals surface area contributed by atoms with E-state index in [0.29, 0.717) is 6.54 Å². The van der Waals surface area contributed by atoms with Crippen molar-refractivity contribution in [2.45, 2.75) is 37.6 Å². The fourth-order valence-electron chi connectivity index (χ4n) is 2.51. The highest BCUT2D eigenvalue weighted by atomic mass is 32.2. The predicted octanol–water partition coefficient (Wildman–Crippen LogP) is 2.76. The molecule has 8 heteroatoms. The Hall–Kier alpha value is -1.38. The summed E-state index contributed by atoms with van der Waals surface area (Å²) in [7, 11) is 1.39. The average molecular weight is 353 g/mol. The molecule has 1 atom stereocenters. The van der Waals surface area contributed by atoms with Crippen LogP contribution in [0.15, 0.2) is 16.6 Å². The molecule has 124 valence electrons. The SMILES string of the molecule is COC(=O)CSc1nnc(-c2csc(C)c2)n1C[C@@H]1CCCO1. The highest BCUT2D eigenvalue weighted by Gasteiger charge is 2.22. The summed E-state index contributed by atoms with van der Waals surface area (Å²) in [5.41, 5.74) is 1.06. The van der Waals surface area contributed by atoms with E-state index in [9.17, 15) is 4.79 Å². The highest BCUT2D eigenvalue weighted by Crippen LogP contribution is 2.29. The molecule has 0 radical (unpaired) electrons. The van der Waals surface area contributed by atoms with Crippen LogP contribution in [0.3, 0.4) is 0 Å². The first-order chi connectivity index (χ1) is 11.2. The van der Waals surface area contributed by atoms with Gasteiger partial charge in [0.25, 0.3) is 0 Å². The van der Waals surface area contributed by atoms with E-state index in [1.165, 1.54) is 23.7 Å². The molecule has 0 N–H and O–H groups in total. The maximum Gasteiger partial charge on any atom is 0.316 e. The van der Waals surface area contributed by atoms with Crippen molar-refractivity contribution in [3.05, 3.63) is 16.3 Å². The Kier molecular flexibility index (Phi) is 5.34. The third kappa shape index (κ3) is 3.94. The molecule has 3 heterocycles. The van der Waals surface area contributed by atoms with Crippen LogP contribution in [0.2, 0.25) is 0 Å². The Labute approximate surface area is 143 Å². The van der Waals surface area contributed by atoms with Crippen LogP contribution in [-0.2, 0) is 20.8 Å². The summed E-state index contributed by atoms with van der Waals surface area (Å²) in [6.07, 6.45) is 2.31. The van der Waals surface area contributed by atoms with Crippen molar-refractivity contribution >= 4 is 29.1 Å². The Balaban J connectivity index is 1.85. The van der Waals surface area contributed by atoms with Gasteiger partial charge in [-0.3, -0.25) is 9.36 Å². The van der Waals surface area contributed by atoms with Crippen LogP contribution in [0.1, 0.15) is 17.7 Å². The molecule has 1 saturated heterocycles. The van der Waals surface area contributed by atoms with Gasteiger partial charge in [-0.25, -0.2) is 0 Å². The number of thioether (sulfide) groups is 1. The molecule has 6 nitrogen and oxygen atoms in total. The van der Waals surface area contributed by atoms with Gasteiger partial charge in [-0.05, 0) is 25.8 Å². The van der Waals surface area contributed by atoms with Crippen LogP contribution in [0, 0.1) is 6.92 Å². The second-order valence-corrected chi connectivity index (χ2v) is 7.42. The normalized spacial score (nSPS) is 17.6. The Morgan fingerprint density at radius 2 is 2.43 bits per heavy atom. The second-order valence-electron chi connectivity index (χ2n) is 5.36. The van der Waals surface area contributed by atoms with Crippen LogP contribution < -0.4 is 0 Å². The largest absolute Gasteiger partial charge is 0.468 e. The molecule has 0 saturated carbocycles. The van der Waals surface area contributed by atoms with Gasteiger partial charge in [0.05, 0.1) is 25.5 Å². The van der Waals surface area contributed by atoms with Gasteiger partial charge in [-0.1, -0.05) is 11.8 Å². The number of rotatable bonds is 6. The fourth-order valence-corrected chi connectivity index (χ4v) is 3.97. The number of ether oxygens (including phenoxy) is 2. The zero-order valence-electron chi connectivity index (χ0n) is 13.2. The van der Waals surface area contributed by atoms with Gasteiger partial charge in [0, 0.05) is 22.4 Å². The molecule has 1 aliphatic heterocycles. The summed E-state index contributed by atoms with van der Waals surface area (Å²) in [5, 5.41) is 11.4. The fraction of sp³-hybridized carbons (Fsp3) is 0.533. The lowest BCUT2D eigenvalue weighted by Gasteiger charge is -2.14. The number of hydrogen-bond donors (Lipinski definition) is 0. The molecule has 3 rings (SSSR count). The lowest BCUT2D eigenvalue weighted by Crippen LogP contribution is -2.17. The Morgan fingerprint density at radius 1 is 1.57 bits per heavy atom. The van der Waals surface area contributed by atoms with Gasteiger partial charge in [0.2, 0.25) is 0 Å². The average Bonchev–Trinajstić information content (AvgIpc) is 3.27. The second kappa shape index (κ2) is 7.46. The number of esters is 1. The number of carbonyl (C=O) groups excluding carboxylic acids is 1. The summed E-state index contributed by atoms with van der Waals surface area (Å²) in [6, 6.07) is 2.11. The monoisotopic (exact) mass is 353 g/mol. The van der Waals surface area contributed by atoms with Crippen LogP contribution in [0.25, 0.3) is 11.4 Å². The van der Waals surface area contributed by atoms with Crippen molar-refractivity contribution < 1.29 is 14.3 Å². The molecule has 23 heavy (non-hydrogen) atoms. The molecule has 0 amide bonds. The molecule has 0 spiro atoms. The number of aromatic nitrogens is 3. The minimum atomic E-state index is -0.269. The first-order valence-corrected chi connectivity index (χ1v) is 9.34. The van der Waals surface area contributed by atoms with Gasteiger partial charge < -0.3 is 9.47 Å². The molecule has 0 aromatic carbocycles. The summed E-state index contributed by atoms with van der Waals surface area (Å²) in [5.74, 6) is 0.787. The number of hydrogen-bond acceptors (Lipinski definition) is 7. The van der Waals surface area contributed by atoms with Gasteiger partial charge in [0.1, 0.15) is 0 Å². The molecule has 2 aromatic heterocycles. The highest BCUT2D eigenvalue weighted by molar-refractivity contribution is 7.99. The third-order valence-electron chi connectivity index (χ3n) is 3.66. The molecule has 2 aromatic rings. The van der Waals surface area contributed by atoms with Gasteiger partial charge in [-0.2, -0.15) is 0 Å². The lowest BCUT2D eigenvalue weighted by atomic mass is 10.2. The molecular weight excluding hydrogens is 334 g/mol. The van der Waals surface area contributed by atoms with Crippen molar-refractivity contribution in [1.29, 1.82) is 0 Å². The van der Waals surface area contributed by atoms with Gasteiger partial charge in [0.15, 0.2) is 11.0 Å². The van der Waals surface area contributed by atoms with Gasteiger partial charge >= 0.3 is 5.97 Å². The van der Waals surface area contributed by atoms with Crippen LogP contribution >= 0.6 is 23.1 Å². The minimum absolute atomic E-state index is 0.182. The lowest BCUT2D eigenvalue weighted by molar-refractivity contribution is -0.137. The van der Waals surface area contributed by atoms with E-state index in [4.69, 9.17) is 9.47 Å². The predicted molar refractivity (Wildman–Crippen MR) is 89.8 cm³/mol. The number of thiophene rings is 1. The third-order valence-corrected chi connectivity index (χ3v) is 5.46. The standard InChI is InChI=1S/C15H19N3O3S2/c1-10-6-11(8-22-10)14-16-17-15(23-9-13(19)20-2)18(14)7-12-4-3-5-21-12/h6,8,12H,3-5,7,9H2,1-2H3/t12-/m0/s1. The number of nitrogens with zero attached hydrogens (tertiary/aromatic N) is 3. The van der Waals surface area contributed by atoms with Crippen LogP contribution in [0.5, 0.6) is 0 Å².